The summed E-state index contributed by atoms with van der Waals surface area (Å²) in [6, 6.07) is 7.06. The van der Waals surface area contributed by atoms with Gasteiger partial charge in [0.25, 0.3) is 0 Å². The van der Waals surface area contributed by atoms with E-state index in [2.05, 4.69) is 5.32 Å². The van der Waals surface area contributed by atoms with Crippen molar-refractivity contribution in [1.29, 1.82) is 0 Å². The number of carbonyl (C=O) groups is 2. The van der Waals surface area contributed by atoms with E-state index >= 15 is 0 Å². The molecule has 1 fully saturated rings. The molecule has 5 nitrogen and oxygen atoms in total. The van der Waals surface area contributed by atoms with E-state index in [1.54, 1.807) is 0 Å². The largest absolute Gasteiger partial charge is 0.373 e. The van der Waals surface area contributed by atoms with Crippen molar-refractivity contribution in [3.8, 4) is 0 Å². The lowest BCUT2D eigenvalue weighted by molar-refractivity contribution is -0.133. The first-order chi connectivity index (χ1) is 8.06. The van der Waals surface area contributed by atoms with Gasteiger partial charge in [0.05, 0.1) is 13.0 Å². The number of rotatable bonds is 2. The zero-order valence-corrected chi connectivity index (χ0v) is 9.51. The number of aliphatic hydroxyl groups is 1. The maximum absolute atomic E-state index is 11.6. The zero-order chi connectivity index (χ0) is 12.4. The third kappa shape index (κ3) is 2.62. The van der Waals surface area contributed by atoms with Gasteiger partial charge in [-0.15, -0.1) is 0 Å². The van der Waals surface area contributed by atoms with Gasteiger partial charge in [-0.2, -0.15) is 0 Å². The van der Waals surface area contributed by atoms with E-state index < -0.39 is 12.3 Å². The predicted molar refractivity (Wildman–Crippen MR) is 60.9 cm³/mol. The highest BCUT2D eigenvalue weighted by Gasteiger charge is 2.30. The maximum Gasteiger partial charge on any atom is 0.326 e. The van der Waals surface area contributed by atoms with E-state index in [0.717, 1.165) is 16.0 Å². The SMILES string of the molecule is Cc1ccc(CN2C(=O)CC(O)NC2=O)cc1. The Labute approximate surface area is 99.0 Å². The van der Waals surface area contributed by atoms with Gasteiger partial charge in [0.15, 0.2) is 0 Å². The first-order valence-corrected chi connectivity index (χ1v) is 5.41. The van der Waals surface area contributed by atoms with Crippen molar-refractivity contribution < 1.29 is 14.7 Å². The van der Waals surface area contributed by atoms with Gasteiger partial charge in [-0.3, -0.25) is 9.69 Å². The lowest BCUT2D eigenvalue weighted by atomic mass is 10.1. The van der Waals surface area contributed by atoms with E-state index in [0.29, 0.717) is 0 Å². The number of benzene rings is 1. The number of amides is 3. The van der Waals surface area contributed by atoms with Gasteiger partial charge in [0.1, 0.15) is 6.23 Å². The van der Waals surface area contributed by atoms with E-state index in [1.165, 1.54) is 0 Å². The highest BCUT2D eigenvalue weighted by molar-refractivity contribution is 5.96. The molecule has 1 atom stereocenters. The predicted octanol–water partition coefficient (Wildman–Crippen LogP) is 0.755. The van der Waals surface area contributed by atoms with Crippen LogP contribution in [0.1, 0.15) is 17.5 Å². The Hall–Kier alpha value is -1.88. The summed E-state index contributed by atoms with van der Waals surface area (Å²) in [5.41, 5.74) is 2.01. The number of urea groups is 1. The van der Waals surface area contributed by atoms with Crippen molar-refractivity contribution in [2.45, 2.75) is 26.1 Å². The number of aryl methyl sites for hydroxylation is 1. The summed E-state index contributed by atoms with van der Waals surface area (Å²) >= 11 is 0. The number of imide groups is 1. The van der Waals surface area contributed by atoms with Crippen LogP contribution in [-0.2, 0) is 11.3 Å². The summed E-state index contributed by atoms with van der Waals surface area (Å²) in [5.74, 6) is -0.359. The molecule has 0 aliphatic carbocycles. The first kappa shape index (κ1) is 11.6. The Kier molecular flexibility index (Phi) is 3.10. The van der Waals surface area contributed by atoms with E-state index in [-0.39, 0.29) is 18.9 Å². The van der Waals surface area contributed by atoms with Gasteiger partial charge >= 0.3 is 6.03 Å². The molecule has 5 heteroatoms. The van der Waals surface area contributed by atoms with Crippen LogP contribution in [-0.4, -0.2) is 28.2 Å². The summed E-state index contributed by atoms with van der Waals surface area (Å²) in [5, 5.41) is 11.5. The van der Waals surface area contributed by atoms with Crippen molar-refractivity contribution in [2.75, 3.05) is 0 Å². The lowest BCUT2D eigenvalue weighted by Gasteiger charge is -2.28. The maximum atomic E-state index is 11.6. The van der Waals surface area contributed by atoms with Crippen molar-refractivity contribution >= 4 is 11.9 Å². The van der Waals surface area contributed by atoms with Crippen LogP contribution in [0.15, 0.2) is 24.3 Å². The van der Waals surface area contributed by atoms with Crippen molar-refractivity contribution in [3.63, 3.8) is 0 Å². The minimum absolute atomic E-state index is 0.0718. The van der Waals surface area contributed by atoms with Crippen molar-refractivity contribution in [1.82, 2.24) is 10.2 Å². The number of aliphatic hydroxyl groups excluding tert-OH is 1. The van der Waals surface area contributed by atoms with Crippen LogP contribution in [0.2, 0.25) is 0 Å². The topological polar surface area (TPSA) is 69.6 Å². The molecule has 1 saturated heterocycles. The smallest absolute Gasteiger partial charge is 0.326 e. The minimum Gasteiger partial charge on any atom is -0.373 e. The third-order valence-corrected chi connectivity index (χ3v) is 2.67. The molecule has 0 bridgehead atoms. The number of nitrogens with zero attached hydrogens (tertiary/aromatic N) is 1. The van der Waals surface area contributed by atoms with Crippen LogP contribution >= 0.6 is 0 Å². The molecule has 90 valence electrons. The molecule has 1 unspecified atom stereocenters. The van der Waals surface area contributed by atoms with Gasteiger partial charge in [-0.25, -0.2) is 4.79 Å². The molecule has 0 spiro atoms. The molecule has 1 aliphatic heterocycles. The fourth-order valence-electron chi connectivity index (χ4n) is 1.70. The van der Waals surface area contributed by atoms with E-state index in [4.69, 9.17) is 0 Å². The Bertz CT molecular complexity index is 424. The van der Waals surface area contributed by atoms with Crippen LogP contribution < -0.4 is 5.32 Å². The number of nitrogens with one attached hydrogen (secondary N) is 1. The molecule has 0 saturated carbocycles. The molecule has 1 aliphatic rings. The van der Waals surface area contributed by atoms with Gasteiger partial charge in [0, 0.05) is 0 Å². The minimum atomic E-state index is -1.07. The second-order valence-corrected chi connectivity index (χ2v) is 4.13. The van der Waals surface area contributed by atoms with Crippen molar-refractivity contribution in [3.05, 3.63) is 35.4 Å². The fraction of sp³-hybridized carbons (Fsp3) is 0.333. The second kappa shape index (κ2) is 4.55. The number of hydrogen-bond donors (Lipinski definition) is 2. The monoisotopic (exact) mass is 234 g/mol. The van der Waals surface area contributed by atoms with E-state index in [9.17, 15) is 14.7 Å². The summed E-state index contributed by atoms with van der Waals surface area (Å²) in [6.07, 6.45) is -1.14. The van der Waals surface area contributed by atoms with Crippen molar-refractivity contribution in [2.24, 2.45) is 0 Å². The third-order valence-electron chi connectivity index (χ3n) is 2.67. The molecule has 2 N–H and O–H groups in total. The Morgan fingerprint density at radius 3 is 2.59 bits per heavy atom. The molecule has 2 rings (SSSR count). The van der Waals surface area contributed by atoms with Gasteiger partial charge in [-0.1, -0.05) is 29.8 Å². The molecular weight excluding hydrogens is 220 g/mol. The molecule has 1 heterocycles. The second-order valence-electron chi connectivity index (χ2n) is 4.13. The zero-order valence-electron chi connectivity index (χ0n) is 9.51. The van der Waals surface area contributed by atoms with E-state index in [1.807, 2.05) is 31.2 Å². The highest BCUT2D eigenvalue weighted by Crippen LogP contribution is 2.12. The fourth-order valence-corrected chi connectivity index (χ4v) is 1.70. The average molecular weight is 234 g/mol. The molecule has 3 amide bonds. The first-order valence-electron chi connectivity index (χ1n) is 5.41. The Morgan fingerprint density at radius 2 is 2.00 bits per heavy atom. The van der Waals surface area contributed by atoms with Gasteiger partial charge in [0.2, 0.25) is 5.91 Å². The van der Waals surface area contributed by atoms with Crippen LogP contribution in [0.3, 0.4) is 0 Å². The van der Waals surface area contributed by atoms with Crippen LogP contribution in [0.4, 0.5) is 4.79 Å². The van der Waals surface area contributed by atoms with Gasteiger partial charge in [-0.05, 0) is 12.5 Å². The summed E-state index contributed by atoms with van der Waals surface area (Å²) in [4.78, 5) is 24.2. The average Bonchev–Trinajstić information content (AvgIpc) is 2.26. The normalized spacial score (nSPS) is 20.4. The molecular formula is C12H14N2O3. The van der Waals surface area contributed by atoms with Crippen LogP contribution in [0.5, 0.6) is 0 Å². The molecule has 17 heavy (non-hydrogen) atoms. The quantitative estimate of drug-likeness (QED) is 0.793. The Balaban J connectivity index is 2.10. The van der Waals surface area contributed by atoms with Gasteiger partial charge < -0.3 is 10.4 Å². The number of hydrogen-bond acceptors (Lipinski definition) is 3. The standard InChI is InChI=1S/C12H14N2O3/c1-8-2-4-9(5-3-8)7-14-11(16)6-10(15)13-12(14)17/h2-5,10,15H,6-7H2,1H3,(H,13,17). The summed E-state index contributed by atoms with van der Waals surface area (Å²) < 4.78 is 0. The highest BCUT2D eigenvalue weighted by atomic mass is 16.3. The molecule has 0 aromatic heterocycles. The lowest BCUT2D eigenvalue weighted by Crippen LogP contribution is -2.54. The molecule has 1 aromatic carbocycles. The van der Waals surface area contributed by atoms with Crippen LogP contribution in [0.25, 0.3) is 0 Å². The molecule has 0 radical (unpaired) electrons. The van der Waals surface area contributed by atoms with Crippen LogP contribution in [0, 0.1) is 6.92 Å². The summed E-state index contributed by atoms with van der Waals surface area (Å²) in [7, 11) is 0. The summed E-state index contributed by atoms with van der Waals surface area (Å²) in [6.45, 7) is 2.20. The Morgan fingerprint density at radius 1 is 1.35 bits per heavy atom. The molecule has 1 aromatic rings. The number of carbonyl (C=O) groups excluding carboxylic acids is 2.